The molecule has 20 heavy (non-hydrogen) atoms. The summed E-state index contributed by atoms with van der Waals surface area (Å²) in [7, 11) is 0. The van der Waals surface area contributed by atoms with Crippen molar-refractivity contribution in [1.82, 2.24) is 5.32 Å². The molecule has 0 spiro atoms. The zero-order chi connectivity index (χ0) is 14.5. The van der Waals surface area contributed by atoms with Gasteiger partial charge in [0.2, 0.25) is 0 Å². The second-order valence-corrected chi connectivity index (χ2v) is 6.29. The van der Waals surface area contributed by atoms with E-state index in [1.165, 1.54) is 10.9 Å². The van der Waals surface area contributed by atoms with Gasteiger partial charge < -0.3 is 5.32 Å². The fourth-order valence-electron chi connectivity index (χ4n) is 2.16. The third kappa shape index (κ3) is 3.40. The number of benzene rings is 1. The van der Waals surface area contributed by atoms with Crippen LogP contribution < -0.4 is 5.32 Å². The minimum atomic E-state index is -0.252. The summed E-state index contributed by atoms with van der Waals surface area (Å²) in [6, 6.07) is 8.86. The molecule has 2 rings (SSSR count). The van der Waals surface area contributed by atoms with Crippen molar-refractivity contribution < 1.29 is 4.39 Å². The van der Waals surface area contributed by atoms with Crippen molar-refractivity contribution >= 4 is 22.9 Å². The largest absolute Gasteiger partial charge is 0.305 e. The molecule has 0 fully saturated rings. The van der Waals surface area contributed by atoms with Gasteiger partial charge in [0.15, 0.2) is 0 Å². The molecule has 1 aromatic carbocycles. The summed E-state index contributed by atoms with van der Waals surface area (Å²) in [6.45, 7) is 5.05. The molecule has 0 aliphatic rings. The Labute approximate surface area is 128 Å². The molecule has 4 heteroatoms. The smallest absolute Gasteiger partial charge is 0.129 e. The van der Waals surface area contributed by atoms with E-state index in [4.69, 9.17) is 11.6 Å². The highest BCUT2D eigenvalue weighted by Crippen LogP contribution is 2.34. The van der Waals surface area contributed by atoms with Crippen molar-refractivity contribution in [2.45, 2.75) is 32.7 Å². The number of hydrogen-bond donors (Lipinski definition) is 1. The molecule has 0 saturated heterocycles. The lowest BCUT2D eigenvalue weighted by Gasteiger charge is -2.19. The lowest BCUT2D eigenvalue weighted by atomic mass is 10.0. The molecule has 0 saturated carbocycles. The first-order valence-electron chi connectivity index (χ1n) is 6.93. The molecule has 0 radical (unpaired) electrons. The van der Waals surface area contributed by atoms with Crippen molar-refractivity contribution in [2.24, 2.45) is 0 Å². The predicted octanol–water partition coefficient (Wildman–Crippen LogP) is 5.19. The van der Waals surface area contributed by atoms with Crippen LogP contribution in [0.4, 0.5) is 4.39 Å². The van der Waals surface area contributed by atoms with E-state index in [0.29, 0.717) is 10.6 Å². The number of halogens is 2. The first kappa shape index (κ1) is 15.5. The van der Waals surface area contributed by atoms with E-state index in [2.05, 4.69) is 31.3 Å². The summed E-state index contributed by atoms with van der Waals surface area (Å²) in [5.74, 6) is -0.252. The van der Waals surface area contributed by atoms with E-state index in [9.17, 15) is 4.39 Å². The van der Waals surface area contributed by atoms with Crippen LogP contribution >= 0.6 is 22.9 Å². The standard InChI is InChI=1S/C16H19ClFNS/c1-3-10-19-16(14-9-8-11(4-2)20-14)15-12(17)6-5-7-13(15)18/h5-9,16,19H,3-4,10H2,1-2H3. The summed E-state index contributed by atoms with van der Waals surface area (Å²) in [6.07, 6.45) is 1.99. The summed E-state index contributed by atoms with van der Waals surface area (Å²) in [5, 5.41) is 3.88. The van der Waals surface area contributed by atoms with Crippen LogP contribution in [0, 0.1) is 5.82 Å². The summed E-state index contributed by atoms with van der Waals surface area (Å²) in [4.78, 5) is 2.41. The van der Waals surface area contributed by atoms with Crippen LogP contribution in [0.3, 0.4) is 0 Å². The molecule has 2 aromatic rings. The van der Waals surface area contributed by atoms with Crippen LogP contribution in [-0.2, 0) is 6.42 Å². The minimum Gasteiger partial charge on any atom is -0.305 e. The molecule has 1 N–H and O–H groups in total. The van der Waals surface area contributed by atoms with Gasteiger partial charge in [0.25, 0.3) is 0 Å². The minimum absolute atomic E-state index is 0.172. The van der Waals surface area contributed by atoms with Crippen LogP contribution in [0.15, 0.2) is 30.3 Å². The van der Waals surface area contributed by atoms with E-state index in [1.54, 1.807) is 23.5 Å². The zero-order valence-corrected chi connectivity index (χ0v) is 13.3. The van der Waals surface area contributed by atoms with Gasteiger partial charge in [-0.1, -0.05) is 31.5 Å². The first-order chi connectivity index (χ1) is 9.67. The Bertz CT molecular complexity index is 547. The normalized spacial score (nSPS) is 12.6. The van der Waals surface area contributed by atoms with Crippen molar-refractivity contribution in [2.75, 3.05) is 6.54 Å². The maximum absolute atomic E-state index is 14.2. The number of aryl methyl sites for hydroxylation is 1. The highest BCUT2D eigenvalue weighted by atomic mass is 35.5. The summed E-state index contributed by atoms with van der Waals surface area (Å²) < 4.78 is 14.2. The molecule has 0 aliphatic heterocycles. The van der Waals surface area contributed by atoms with Crippen LogP contribution in [0.5, 0.6) is 0 Å². The molecule has 0 aliphatic carbocycles. The molecular weight excluding hydrogens is 293 g/mol. The fourth-order valence-corrected chi connectivity index (χ4v) is 3.47. The van der Waals surface area contributed by atoms with Gasteiger partial charge in [0.05, 0.1) is 6.04 Å². The molecule has 0 bridgehead atoms. The number of hydrogen-bond acceptors (Lipinski definition) is 2. The fraction of sp³-hybridized carbons (Fsp3) is 0.375. The quantitative estimate of drug-likeness (QED) is 0.774. The van der Waals surface area contributed by atoms with Crippen LogP contribution in [0.2, 0.25) is 5.02 Å². The van der Waals surface area contributed by atoms with E-state index < -0.39 is 0 Å². The second kappa shape index (κ2) is 7.21. The average molecular weight is 312 g/mol. The zero-order valence-electron chi connectivity index (χ0n) is 11.7. The molecule has 1 heterocycles. The topological polar surface area (TPSA) is 12.0 Å². The molecule has 1 aromatic heterocycles. The summed E-state index contributed by atoms with van der Waals surface area (Å²) >= 11 is 7.93. The molecule has 1 atom stereocenters. The van der Waals surface area contributed by atoms with Crippen LogP contribution in [0.1, 0.15) is 41.6 Å². The van der Waals surface area contributed by atoms with Gasteiger partial charge in [0, 0.05) is 20.3 Å². The van der Waals surface area contributed by atoms with Gasteiger partial charge in [0.1, 0.15) is 5.82 Å². The highest BCUT2D eigenvalue weighted by Gasteiger charge is 2.21. The average Bonchev–Trinajstić information content (AvgIpc) is 2.90. The van der Waals surface area contributed by atoms with Gasteiger partial charge in [-0.3, -0.25) is 0 Å². The Balaban J connectivity index is 2.41. The van der Waals surface area contributed by atoms with E-state index in [1.807, 2.05) is 0 Å². The second-order valence-electron chi connectivity index (χ2n) is 4.68. The first-order valence-corrected chi connectivity index (χ1v) is 8.12. The Morgan fingerprint density at radius 2 is 2.05 bits per heavy atom. The third-order valence-electron chi connectivity index (χ3n) is 3.20. The van der Waals surface area contributed by atoms with E-state index in [-0.39, 0.29) is 11.9 Å². The van der Waals surface area contributed by atoms with Gasteiger partial charge in [-0.15, -0.1) is 11.3 Å². The molecule has 0 amide bonds. The highest BCUT2D eigenvalue weighted by molar-refractivity contribution is 7.12. The molecular formula is C16H19ClFNS. The van der Waals surface area contributed by atoms with Crippen molar-refractivity contribution in [3.63, 3.8) is 0 Å². The van der Waals surface area contributed by atoms with Crippen LogP contribution in [0.25, 0.3) is 0 Å². The molecule has 1 unspecified atom stereocenters. The Hall–Kier alpha value is -0.900. The van der Waals surface area contributed by atoms with Gasteiger partial charge >= 0.3 is 0 Å². The van der Waals surface area contributed by atoms with Gasteiger partial charge in [-0.2, -0.15) is 0 Å². The SMILES string of the molecule is CCCNC(c1ccc(CC)s1)c1c(F)cccc1Cl. The molecule has 108 valence electrons. The lowest BCUT2D eigenvalue weighted by molar-refractivity contribution is 0.551. The number of nitrogens with one attached hydrogen (secondary N) is 1. The monoisotopic (exact) mass is 311 g/mol. The van der Waals surface area contributed by atoms with Crippen molar-refractivity contribution in [1.29, 1.82) is 0 Å². The number of rotatable bonds is 6. The third-order valence-corrected chi connectivity index (χ3v) is 4.83. The Morgan fingerprint density at radius 1 is 1.25 bits per heavy atom. The van der Waals surface area contributed by atoms with E-state index in [0.717, 1.165) is 24.3 Å². The lowest BCUT2D eigenvalue weighted by Crippen LogP contribution is -2.23. The van der Waals surface area contributed by atoms with Crippen LogP contribution in [-0.4, -0.2) is 6.54 Å². The van der Waals surface area contributed by atoms with Gasteiger partial charge in [-0.25, -0.2) is 4.39 Å². The Morgan fingerprint density at radius 3 is 2.65 bits per heavy atom. The maximum Gasteiger partial charge on any atom is 0.129 e. The van der Waals surface area contributed by atoms with Crippen molar-refractivity contribution in [3.05, 3.63) is 56.5 Å². The molecule has 1 nitrogen and oxygen atoms in total. The maximum atomic E-state index is 14.2. The van der Waals surface area contributed by atoms with E-state index >= 15 is 0 Å². The van der Waals surface area contributed by atoms with Gasteiger partial charge in [-0.05, 0) is 43.7 Å². The number of thiophene rings is 1. The predicted molar refractivity (Wildman–Crippen MR) is 85.2 cm³/mol. The van der Waals surface area contributed by atoms with Crippen molar-refractivity contribution in [3.8, 4) is 0 Å². The summed E-state index contributed by atoms with van der Waals surface area (Å²) in [5.41, 5.74) is 0.548. The Kier molecular flexibility index (Phi) is 5.58.